The van der Waals surface area contributed by atoms with Crippen LogP contribution in [0.1, 0.15) is 11.1 Å². The van der Waals surface area contributed by atoms with Crippen LogP contribution < -0.4 is 19.8 Å². The first kappa shape index (κ1) is 23.3. The van der Waals surface area contributed by atoms with E-state index in [-0.39, 0.29) is 30.9 Å². The zero-order valence-electron chi connectivity index (χ0n) is 17.4. The van der Waals surface area contributed by atoms with Gasteiger partial charge in [0.25, 0.3) is 0 Å². The Labute approximate surface area is 189 Å². The number of rotatable bonds is 6. The van der Waals surface area contributed by atoms with Gasteiger partial charge in [-0.3, -0.25) is 5.73 Å². The maximum Gasteiger partial charge on any atom is 0.416 e. The number of hydrogen-bond donors (Lipinski definition) is 1. The van der Waals surface area contributed by atoms with Crippen LogP contribution in [-0.4, -0.2) is 4.57 Å². The van der Waals surface area contributed by atoms with Crippen molar-refractivity contribution in [1.82, 2.24) is 4.57 Å². The molecule has 4 rings (SSSR count). The van der Waals surface area contributed by atoms with Crippen LogP contribution in [0.25, 0.3) is 11.0 Å². The number of aromatic nitrogens is 2. The van der Waals surface area contributed by atoms with Crippen molar-refractivity contribution in [2.24, 2.45) is 0 Å². The van der Waals surface area contributed by atoms with Gasteiger partial charge in [0.2, 0.25) is 13.5 Å². The number of halogens is 6. The predicted octanol–water partition coefficient (Wildman–Crippen LogP) is 5.62. The van der Waals surface area contributed by atoms with E-state index in [9.17, 15) is 26.3 Å². The SMILES string of the molecule is Nc1n(COc2cccc(C(F)(F)F)c2)c2ccccc2[n+]1COc1cccc(C(F)(F)F)c1. The molecule has 0 aliphatic rings. The first-order valence-electron chi connectivity index (χ1n) is 9.91. The van der Waals surface area contributed by atoms with Crippen molar-refractivity contribution in [3.63, 3.8) is 0 Å². The summed E-state index contributed by atoms with van der Waals surface area (Å²) in [6.07, 6.45) is -9.02. The van der Waals surface area contributed by atoms with Crippen molar-refractivity contribution in [2.75, 3.05) is 5.73 Å². The summed E-state index contributed by atoms with van der Waals surface area (Å²) in [7, 11) is 0. The number of para-hydroxylation sites is 2. The van der Waals surface area contributed by atoms with E-state index in [2.05, 4.69) is 0 Å². The molecule has 0 amide bonds. The average Bonchev–Trinajstić information content (AvgIpc) is 3.06. The van der Waals surface area contributed by atoms with E-state index in [1.165, 1.54) is 33.4 Å². The lowest BCUT2D eigenvalue weighted by Crippen LogP contribution is -2.39. The van der Waals surface area contributed by atoms with E-state index in [0.29, 0.717) is 11.0 Å². The van der Waals surface area contributed by atoms with Gasteiger partial charge in [-0.05, 0) is 48.5 Å². The summed E-state index contributed by atoms with van der Waals surface area (Å²) in [5.74, 6) is 0.137. The second kappa shape index (κ2) is 8.81. The Morgan fingerprint density at radius 3 is 1.88 bits per heavy atom. The van der Waals surface area contributed by atoms with Crippen molar-refractivity contribution in [3.05, 3.63) is 83.9 Å². The Kier molecular flexibility index (Phi) is 6.03. The fraction of sp³-hybridized carbons (Fsp3) is 0.174. The summed E-state index contributed by atoms with van der Waals surface area (Å²) < 4.78 is 91.9. The van der Waals surface area contributed by atoms with E-state index >= 15 is 0 Å². The van der Waals surface area contributed by atoms with E-state index in [4.69, 9.17) is 15.2 Å². The summed E-state index contributed by atoms with van der Waals surface area (Å²) >= 11 is 0. The number of ether oxygens (including phenoxy) is 2. The van der Waals surface area contributed by atoms with Gasteiger partial charge in [-0.25, -0.2) is 0 Å². The minimum Gasteiger partial charge on any atom is -0.460 e. The predicted molar refractivity (Wildman–Crippen MR) is 111 cm³/mol. The summed E-state index contributed by atoms with van der Waals surface area (Å²) in [4.78, 5) is 0. The van der Waals surface area contributed by atoms with Crippen molar-refractivity contribution >= 4 is 17.0 Å². The molecule has 0 fully saturated rings. The molecule has 0 bridgehead atoms. The minimum absolute atomic E-state index is 0.00114. The normalized spacial score (nSPS) is 12.2. The van der Waals surface area contributed by atoms with Crippen molar-refractivity contribution < 1.29 is 40.4 Å². The van der Waals surface area contributed by atoms with Gasteiger partial charge in [-0.2, -0.15) is 35.5 Å². The molecular weight excluding hydrogens is 464 g/mol. The van der Waals surface area contributed by atoms with Crippen LogP contribution in [-0.2, 0) is 25.8 Å². The lowest BCUT2D eigenvalue weighted by molar-refractivity contribution is -0.687. The van der Waals surface area contributed by atoms with Gasteiger partial charge < -0.3 is 9.47 Å². The Balaban J connectivity index is 1.58. The molecule has 1 heterocycles. The molecule has 3 aromatic carbocycles. The fourth-order valence-corrected chi connectivity index (χ4v) is 3.39. The molecule has 2 N–H and O–H groups in total. The fourth-order valence-electron chi connectivity index (χ4n) is 3.39. The summed E-state index contributed by atoms with van der Waals surface area (Å²) in [6, 6.07) is 15.8. The molecule has 4 aromatic rings. The minimum atomic E-state index is -4.51. The van der Waals surface area contributed by atoms with Crippen molar-refractivity contribution in [1.29, 1.82) is 0 Å². The molecule has 0 saturated carbocycles. The Morgan fingerprint density at radius 2 is 1.29 bits per heavy atom. The number of benzene rings is 3. The molecule has 0 aliphatic heterocycles. The van der Waals surface area contributed by atoms with Crippen molar-refractivity contribution in [2.45, 2.75) is 25.8 Å². The van der Waals surface area contributed by atoms with Gasteiger partial charge in [0, 0.05) is 0 Å². The third kappa shape index (κ3) is 4.87. The Morgan fingerprint density at radius 1 is 0.735 bits per heavy atom. The van der Waals surface area contributed by atoms with Crippen LogP contribution in [0.2, 0.25) is 0 Å². The van der Waals surface area contributed by atoms with Crippen LogP contribution >= 0.6 is 0 Å². The largest absolute Gasteiger partial charge is 0.460 e. The molecule has 0 unspecified atom stereocenters. The molecule has 178 valence electrons. The van der Waals surface area contributed by atoms with E-state index in [1.54, 1.807) is 24.3 Å². The molecule has 0 radical (unpaired) electrons. The zero-order valence-corrected chi connectivity index (χ0v) is 17.4. The lowest BCUT2D eigenvalue weighted by atomic mass is 10.2. The highest BCUT2D eigenvalue weighted by Gasteiger charge is 2.31. The number of imidazole rings is 1. The highest BCUT2D eigenvalue weighted by molar-refractivity contribution is 5.73. The quantitative estimate of drug-likeness (QED) is 0.287. The van der Waals surface area contributed by atoms with Gasteiger partial charge in [-0.15, -0.1) is 0 Å². The second-order valence-electron chi connectivity index (χ2n) is 7.30. The number of alkyl halides is 6. The number of hydrogen-bond acceptors (Lipinski definition) is 3. The number of fused-ring (bicyclic) bond motifs is 1. The van der Waals surface area contributed by atoms with Crippen molar-refractivity contribution in [3.8, 4) is 11.5 Å². The molecule has 0 spiro atoms. The molecule has 1 aromatic heterocycles. The maximum atomic E-state index is 13.0. The van der Waals surface area contributed by atoms with Crippen LogP contribution in [0.15, 0.2) is 72.8 Å². The highest BCUT2D eigenvalue weighted by Crippen LogP contribution is 2.32. The molecule has 0 saturated heterocycles. The number of nitrogens with two attached hydrogens (primary N) is 1. The molecule has 34 heavy (non-hydrogen) atoms. The van der Waals surface area contributed by atoms with E-state index < -0.39 is 23.5 Å². The zero-order chi connectivity index (χ0) is 24.5. The Hall–Kier alpha value is -3.89. The molecule has 0 aliphatic carbocycles. The van der Waals surface area contributed by atoms with Crippen LogP contribution in [0, 0.1) is 0 Å². The molecule has 0 atom stereocenters. The van der Waals surface area contributed by atoms with E-state index in [0.717, 1.165) is 24.3 Å². The van der Waals surface area contributed by atoms with Crippen LogP contribution in [0.5, 0.6) is 11.5 Å². The monoisotopic (exact) mass is 482 g/mol. The molecular formula is C23H18F6N3O2+. The van der Waals surface area contributed by atoms with Crippen LogP contribution in [0.3, 0.4) is 0 Å². The first-order chi connectivity index (χ1) is 16.0. The smallest absolute Gasteiger partial charge is 0.416 e. The molecule has 11 heteroatoms. The summed E-state index contributed by atoms with van der Waals surface area (Å²) in [5.41, 5.74) is 5.75. The van der Waals surface area contributed by atoms with Crippen LogP contribution in [0.4, 0.5) is 32.3 Å². The molecule has 5 nitrogen and oxygen atoms in total. The standard InChI is InChI=1S/C23H17F6N3O2/c24-22(25,26)15-5-3-7-17(11-15)33-13-31-19-9-1-2-10-20(19)32(21(31)30)14-34-18-8-4-6-16(12-18)23(27,28)29/h1-12,30H,13-14H2/p+1. The van der Waals surface area contributed by atoms with Gasteiger partial charge in [0.05, 0.1) is 11.1 Å². The number of nitrogen functional groups attached to an aromatic ring is 1. The summed E-state index contributed by atoms with van der Waals surface area (Å²) in [6.45, 7) is -0.408. The highest BCUT2D eigenvalue weighted by atomic mass is 19.4. The maximum absolute atomic E-state index is 13.0. The number of anilines is 1. The topological polar surface area (TPSA) is 53.3 Å². The third-order valence-corrected chi connectivity index (χ3v) is 5.06. The first-order valence-corrected chi connectivity index (χ1v) is 9.91. The lowest BCUT2D eigenvalue weighted by Gasteiger charge is -2.10. The van der Waals surface area contributed by atoms with E-state index in [1.807, 2.05) is 0 Å². The van der Waals surface area contributed by atoms with Gasteiger partial charge in [0.15, 0.2) is 0 Å². The Bertz CT molecular complexity index is 1220. The summed E-state index contributed by atoms with van der Waals surface area (Å²) in [5, 5.41) is 0. The second-order valence-corrected chi connectivity index (χ2v) is 7.30. The van der Waals surface area contributed by atoms with Gasteiger partial charge in [-0.1, -0.05) is 24.3 Å². The average molecular weight is 482 g/mol. The third-order valence-electron chi connectivity index (χ3n) is 5.06. The van der Waals surface area contributed by atoms with Gasteiger partial charge in [0.1, 0.15) is 22.5 Å². The number of nitrogens with zero attached hydrogens (tertiary/aromatic N) is 2. The van der Waals surface area contributed by atoms with Gasteiger partial charge >= 0.3 is 18.3 Å².